The normalized spacial score (nSPS) is 13.3. The molecule has 0 aliphatic carbocycles. The molecular weight excluding hydrogens is 755 g/mol. The fourth-order valence-corrected chi connectivity index (χ4v) is 7.24. The van der Waals surface area contributed by atoms with Crippen LogP contribution in [-0.2, 0) is 35.5 Å². The minimum atomic E-state index is -2.61. The molecule has 1 N–H and O–H groups in total. The fourth-order valence-electron chi connectivity index (χ4n) is 4.98. The summed E-state index contributed by atoms with van der Waals surface area (Å²) in [5.74, 6) is 6.92. The van der Waals surface area contributed by atoms with Crippen LogP contribution in [0.15, 0.2) is 54.4 Å². The maximum absolute atomic E-state index is 11.7. The molecule has 233 valence electrons. The zero-order valence-electron chi connectivity index (χ0n) is 29.7. The van der Waals surface area contributed by atoms with Gasteiger partial charge in [0.2, 0.25) is 0 Å². The molecule has 0 unspecified atom stereocenters. The summed E-state index contributed by atoms with van der Waals surface area (Å²) in [6.07, 6.45) is 6.72. The summed E-state index contributed by atoms with van der Waals surface area (Å²) >= 11 is -2.61. The SMILES string of the molecule is CCC(CC)C(=O)/C=C(\O)C(CC)CC.[2H][C]([2H])(c1cc(-c2[c-]c3ccccc3c(C(C)(C)C)c2)ncc1C)[Ge]([CH3])([CH3])[CH3].[Ir]. The molecule has 1 aromatic heterocycles. The molecule has 3 rings (SSSR count). The van der Waals surface area contributed by atoms with Crippen molar-refractivity contribution in [1.29, 1.82) is 0 Å². The van der Waals surface area contributed by atoms with Gasteiger partial charge in [-0.2, -0.15) is 0 Å². The number of carbonyl (C=O) groups excluding carboxylic acids is 1. The molecular formula is C37H54GeIrNO2-. The zero-order valence-corrected chi connectivity index (χ0v) is 32.2. The molecule has 0 bridgehead atoms. The summed E-state index contributed by atoms with van der Waals surface area (Å²) in [6.45, 7) is 16.7. The van der Waals surface area contributed by atoms with Crippen LogP contribution in [-0.4, -0.2) is 29.1 Å². The summed E-state index contributed by atoms with van der Waals surface area (Å²) in [7, 11) is 0. The Hall–Kier alpha value is -1.75. The van der Waals surface area contributed by atoms with E-state index >= 15 is 0 Å². The number of carbonyl (C=O) groups is 1. The summed E-state index contributed by atoms with van der Waals surface area (Å²) in [6, 6.07) is 16.0. The van der Waals surface area contributed by atoms with Crippen LogP contribution in [0, 0.1) is 24.8 Å². The van der Waals surface area contributed by atoms with Crippen LogP contribution in [0.5, 0.6) is 0 Å². The Kier molecular flexibility index (Phi) is 14.0. The first-order chi connectivity index (χ1) is 19.9. The maximum Gasteiger partial charge on any atom is 0 e. The minimum Gasteiger partial charge on any atom is 0 e. The van der Waals surface area contributed by atoms with Crippen molar-refractivity contribution in [2.75, 3.05) is 0 Å². The van der Waals surface area contributed by atoms with Crippen LogP contribution < -0.4 is 0 Å². The van der Waals surface area contributed by atoms with Gasteiger partial charge in [-0.1, -0.05) is 27.7 Å². The van der Waals surface area contributed by atoms with Crippen LogP contribution >= 0.6 is 0 Å². The molecule has 0 fully saturated rings. The van der Waals surface area contributed by atoms with Crippen molar-refractivity contribution in [1.82, 2.24) is 4.98 Å². The van der Waals surface area contributed by atoms with E-state index in [4.69, 9.17) is 2.74 Å². The van der Waals surface area contributed by atoms with Gasteiger partial charge in [-0.3, -0.25) is 4.79 Å². The smallest absolute Gasteiger partial charge is 0 e. The minimum absolute atomic E-state index is 0. The summed E-state index contributed by atoms with van der Waals surface area (Å²) in [4.78, 5) is 16.4. The van der Waals surface area contributed by atoms with Crippen molar-refractivity contribution in [2.24, 2.45) is 11.8 Å². The van der Waals surface area contributed by atoms with Crippen molar-refractivity contribution < 1.29 is 32.7 Å². The number of allylic oxidation sites excluding steroid dienone is 2. The number of pyridine rings is 1. The number of benzene rings is 2. The van der Waals surface area contributed by atoms with Gasteiger partial charge >= 0.3 is 164 Å². The second-order valence-electron chi connectivity index (χ2n) is 13.2. The monoisotopic (exact) mass is 813 g/mol. The standard InChI is InChI=1S/C24H30GeN.C13H24O2.Ir/c1-17-16-26-23(14-20(17)15-25(5,6)7)19-12-18-10-8-9-11-21(18)22(13-19)24(2,3)4;1-5-10(6-2)12(14)9-13(15)11(7-3)8-4;/h8-11,13-14,16H,15H2,1-7H3;9-11,14H,5-8H2,1-4H3;/q-1;;/b;12-9-;/i15D2;;. The molecule has 1 radical (unpaired) electrons. The molecule has 3 nitrogen and oxygen atoms in total. The van der Waals surface area contributed by atoms with Gasteiger partial charge in [-0.05, 0) is 25.7 Å². The summed E-state index contributed by atoms with van der Waals surface area (Å²) < 4.78 is 17.6. The van der Waals surface area contributed by atoms with E-state index in [1.165, 1.54) is 17.0 Å². The van der Waals surface area contributed by atoms with Gasteiger partial charge in [0.15, 0.2) is 5.78 Å². The number of rotatable bonds is 10. The first-order valence-electron chi connectivity index (χ1n) is 16.3. The molecule has 5 heteroatoms. The van der Waals surface area contributed by atoms with Gasteiger partial charge < -0.3 is 5.11 Å². The molecule has 2 aromatic carbocycles. The van der Waals surface area contributed by atoms with Crippen molar-refractivity contribution in [2.45, 2.75) is 109 Å². The van der Waals surface area contributed by atoms with E-state index in [2.05, 4.69) is 73.4 Å². The Morgan fingerprint density at radius 3 is 2.12 bits per heavy atom. The second-order valence-corrected chi connectivity index (χ2v) is 23.1. The number of nitrogens with zero attached hydrogens (tertiary/aromatic N) is 1. The molecule has 0 spiro atoms. The molecule has 0 amide bonds. The third-order valence-electron chi connectivity index (χ3n) is 7.55. The number of hydrogen-bond donors (Lipinski definition) is 1. The molecule has 0 atom stereocenters. The van der Waals surface area contributed by atoms with Gasteiger partial charge in [0.1, 0.15) is 0 Å². The predicted molar refractivity (Wildman–Crippen MR) is 180 cm³/mol. The van der Waals surface area contributed by atoms with Gasteiger partial charge in [0, 0.05) is 38.0 Å². The van der Waals surface area contributed by atoms with E-state index in [1.807, 2.05) is 52.9 Å². The Labute approximate surface area is 275 Å². The molecule has 0 saturated carbocycles. The second kappa shape index (κ2) is 16.9. The molecule has 42 heavy (non-hydrogen) atoms. The van der Waals surface area contributed by atoms with Crippen molar-refractivity contribution in [3.05, 3.63) is 77.2 Å². The first kappa shape index (κ1) is 34.7. The van der Waals surface area contributed by atoms with E-state index in [0.29, 0.717) is 0 Å². The van der Waals surface area contributed by atoms with Gasteiger partial charge in [0.05, 0.1) is 5.76 Å². The molecule has 0 aliphatic rings. The van der Waals surface area contributed by atoms with E-state index in [-0.39, 0.29) is 48.9 Å². The number of ketones is 1. The molecule has 1 heterocycles. The summed E-state index contributed by atoms with van der Waals surface area (Å²) in [5, 5.41) is 10.8. The average Bonchev–Trinajstić information content (AvgIpc) is 2.93. The van der Waals surface area contributed by atoms with E-state index in [1.54, 1.807) is 0 Å². The Morgan fingerprint density at radius 2 is 1.60 bits per heavy atom. The van der Waals surface area contributed by atoms with E-state index in [9.17, 15) is 9.90 Å². The quantitative estimate of drug-likeness (QED) is 0.0960. The van der Waals surface area contributed by atoms with E-state index < -0.39 is 18.5 Å². The van der Waals surface area contributed by atoms with Gasteiger partial charge in [-0.15, -0.1) is 0 Å². The van der Waals surface area contributed by atoms with Crippen LogP contribution in [0.3, 0.4) is 0 Å². The third kappa shape index (κ3) is 11.1. The van der Waals surface area contributed by atoms with Crippen molar-refractivity contribution in [3.63, 3.8) is 0 Å². The molecule has 0 saturated heterocycles. The third-order valence-corrected chi connectivity index (χ3v) is 9.69. The fraction of sp³-hybridized carbons (Fsp3) is 0.514. The Bertz CT molecular complexity index is 1420. The van der Waals surface area contributed by atoms with Crippen molar-refractivity contribution in [3.8, 4) is 11.3 Å². The number of aryl methyl sites for hydroxylation is 1. The van der Waals surface area contributed by atoms with Crippen LogP contribution in [0.2, 0.25) is 17.3 Å². The maximum atomic E-state index is 11.7. The number of fused-ring (bicyclic) bond motifs is 1. The van der Waals surface area contributed by atoms with Gasteiger partial charge in [0.25, 0.3) is 0 Å². The number of aliphatic hydroxyl groups excluding tert-OH is 1. The Balaban J connectivity index is 0.000000519. The van der Waals surface area contributed by atoms with Crippen molar-refractivity contribution >= 4 is 29.8 Å². The predicted octanol–water partition coefficient (Wildman–Crippen LogP) is 10.6. The zero-order chi connectivity index (χ0) is 32.8. The first-order valence-corrected chi connectivity index (χ1v) is 22.6. The average molecular weight is 812 g/mol. The topological polar surface area (TPSA) is 50.2 Å². The van der Waals surface area contributed by atoms with Crippen LogP contribution in [0.4, 0.5) is 0 Å². The number of hydrogen-bond acceptors (Lipinski definition) is 3. The Morgan fingerprint density at radius 1 is 1.02 bits per heavy atom. The summed E-state index contributed by atoms with van der Waals surface area (Å²) in [5.41, 5.74) is 4.69. The number of aliphatic hydroxyl groups is 1. The molecule has 3 aromatic rings. The molecule has 0 aliphatic heterocycles. The van der Waals surface area contributed by atoms with Gasteiger partial charge in [-0.25, -0.2) is 0 Å². The van der Waals surface area contributed by atoms with E-state index in [0.717, 1.165) is 53.5 Å². The largest absolute Gasteiger partial charge is 0 e. The number of aromatic nitrogens is 1. The van der Waals surface area contributed by atoms with Crippen LogP contribution in [0.1, 0.15) is 93.6 Å². The van der Waals surface area contributed by atoms with Crippen LogP contribution in [0.25, 0.3) is 22.0 Å².